The lowest BCUT2D eigenvalue weighted by Gasteiger charge is -2.09. The smallest absolute Gasteiger partial charge is 0.336 e. The third-order valence-electron chi connectivity index (χ3n) is 3.75. The number of ketones is 1. The molecule has 0 saturated heterocycles. The predicted molar refractivity (Wildman–Crippen MR) is 79.9 cm³/mol. The molecule has 21 heavy (non-hydrogen) atoms. The van der Waals surface area contributed by atoms with Gasteiger partial charge in [-0.1, -0.05) is 36.4 Å². The summed E-state index contributed by atoms with van der Waals surface area (Å²) in [6, 6.07) is 14.5. The number of carboxylic acid groups (broad SMARTS) is 1. The molecule has 0 bridgehead atoms. The molecule has 1 unspecified atom stereocenters. The number of carboxylic acids is 1. The maximum absolute atomic E-state index is 12.4. The number of hydrogen-bond acceptors (Lipinski definition) is 3. The number of rotatable bonds is 4. The Labute approximate surface area is 122 Å². The first kappa shape index (κ1) is 13.4. The van der Waals surface area contributed by atoms with E-state index in [-0.39, 0.29) is 17.4 Å². The van der Waals surface area contributed by atoms with Crippen LogP contribution in [0.4, 0.5) is 5.69 Å². The van der Waals surface area contributed by atoms with E-state index in [4.69, 9.17) is 0 Å². The van der Waals surface area contributed by atoms with Gasteiger partial charge in [0.2, 0.25) is 0 Å². The van der Waals surface area contributed by atoms with Crippen LogP contribution in [0, 0.1) is 0 Å². The van der Waals surface area contributed by atoms with Crippen molar-refractivity contribution in [1.29, 1.82) is 0 Å². The summed E-state index contributed by atoms with van der Waals surface area (Å²) in [5.74, 6) is -1.19. The van der Waals surface area contributed by atoms with E-state index in [2.05, 4.69) is 5.32 Å². The fourth-order valence-electron chi connectivity index (χ4n) is 2.70. The number of anilines is 1. The van der Waals surface area contributed by atoms with Crippen molar-refractivity contribution in [1.82, 2.24) is 0 Å². The van der Waals surface area contributed by atoms with Crippen LogP contribution in [0.25, 0.3) is 0 Å². The number of benzene rings is 2. The Kier molecular flexibility index (Phi) is 3.44. The van der Waals surface area contributed by atoms with Crippen LogP contribution in [0.1, 0.15) is 32.7 Å². The topological polar surface area (TPSA) is 66.4 Å². The van der Waals surface area contributed by atoms with Gasteiger partial charge in [-0.25, -0.2) is 4.79 Å². The minimum absolute atomic E-state index is 0.0761. The van der Waals surface area contributed by atoms with Gasteiger partial charge in [0.25, 0.3) is 0 Å². The van der Waals surface area contributed by atoms with Gasteiger partial charge in [0.15, 0.2) is 5.78 Å². The standard InChI is InChI=1S/C17H15NO3/c19-16-14(10-9-11-5-2-1-3-6-11)18-13-8-4-7-12(15(13)16)17(20)21/h1-8,14,18H,9-10H2,(H,20,21). The van der Waals surface area contributed by atoms with Crippen molar-refractivity contribution in [2.75, 3.05) is 5.32 Å². The number of aryl methyl sites for hydroxylation is 1. The van der Waals surface area contributed by atoms with Gasteiger partial charge in [0, 0.05) is 5.69 Å². The highest BCUT2D eigenvalue weighted by Gasteiger charge is 2.33. The van der Waals surface area contributed by atoms with Gasteiger partial charge < -0.3 is 10.4 Å². The molecule has 0 aliphatic carbocycles. The Morgan fingerprint density at radius 2 is 1.86 bits per heavy atom. The molecule has 0 spiro atoms. The van der Waals surface area contributed by atoms with Crippen molar-refractivity contribution < 1.29 is 14.7 Å². The Morgan fingerprint density at radius 1 is 1.10 bits per heavy atom. The zero-order valence-corrected chi connectivity index (χ0v) is 11.4. The highest BCUT2D eigenvalue weighted by atomic mass is 16.4. The van der Waals surface area contributed by atoms with Crippen molar-refractivity contribution in [2.24, 2.45) is 0 Å². The van der Waals surface area contributed by atoms with E-state index in [0.717, 1.165) is 6.42 Å². The van der Waals surface area contributed by atoms with Gasteiger partial charge >= 0.3 is 5.97 Å². The molecule has 0 amide bonds. The summed E-state index contributed by atoms with van der Waals surface area (Å²) < 4.78 is 0. The number of aromatic carboxylic acids is 1. The number of nitrogens with one attached hydrogen (secondary N) is 1. The van der Waals surface area contributed by atoms with Gasteiger partial charge in [-0.2, -0.15) is 0 Å². The van der Waals surface area contributed by atoms with Crippen LogP contribution in [0.3, 0.4) is 0 Å². The van der Waals surface area contributed by atoms with Gasteiger partial charge in [0.05, 0.1) is 17.2 Å². The van der Waals surface area contributed by atoms with E-state index < -0.39 is 5.97 Å². The molecule has 2 aromatic carbocycles. The van der Waals surface area contributed by atoms with Crippen molar-refractivity contribution in [2.45, 2.75) is 18.9 Å². The summed E-state index contributed by atoms with van der Waals surface area (Å²) >= 11 is 0. The van der Waals surface area contributed by atoms with Crippen molar-refractivity contribution in [3.8, 4) is 0 Å². The normalized spacial score (nSPS) is 16.4. The van der Waals surface area contributed by atoms with Crippen molar-refractivity contribution in [3.63, 3.8) is 0 Å². The van der Waals surface area contributed by atoms with Crippen LogP contribution in [-0.4, -0.2) is 22.9 Å². The van der Waals surface area contributed by atoms with Crippen molar-refractivity contribution >= 4 is 17.4 Å². The fourth-order valence-corrected chi connectivity index (χ4v) is 2.70. The van der Waals surface area contributed by atoms with E-state index in [0.29, 0.717) is 17.7 Å². The summed E-state index contributed by atoms with van der Waals surface area (Å²) in [4.78, 5) is 23.6. The van der Waals surface area contributed by atoms with E-state index in [1.165, 1.54) is 11.6 Å². The molecule has 1 aliphatic heterocycles. The number of hydrogen-bond donors (Lipinski definition) is 2. The first-order valence-corrected chi connectivity index (χ1v) is 6.88. The summed E-state index contributed by atoms with van der Waals surface area (Å²) in [7, 11) is 0. The van der Waals surface area contributed by atoms with Crippen LogP contribution in [0.15, 0.2) is 48.5 Å². The molecule has 0 aromatic heterocycles. The monoisotopic (exact) mass is 281 g/mol. The summed E-state index contributed by atoms with van der Waals surface area (Å²) in [5, 5.41) is 12.3. The number of carbonyl (C=O) groups is 2. The lowest BCUT2D eigenvalue weighted by Crippen LogP contribution is -2.23. The Balaban J connectivity index is 1.78. The average Bonchev–Trinajstić information content (AvgIpc) is 2.83. The van der Waals surface area contributed by atoms with Gasteiger partial charge in [-0.3, -0.25) is 4.79 Å². The largest absolute Gasteiger partial charge is 0.478 e. The minimum Gasteiger partial charge on any atom is -0.478 e. The quantitative estimate of drug-likeness (QED) is 0.904. The van der Waals surface area contributed by atoms with Crippen LogP contribution >= 0.6 is 0 Å². The molecular weight excluding hydrogens is 266 g/mol. The first-order chi connectivity index (χ1) is 10.2. The molecule has 3 rings (SSSR count). The molecular formula is C17H15NO3. The molecule has 0 fully saturated rings. The lowest BCUT2D eigenvalue weighted by atomic mass is 9.98. The van der Waals surface area contributed by atoms with Crippen molar-refractivity contribution in [3.05, 3.63) is 65.2 Å². The van der Waals surface area contributed by atoms with E-state index in [1.54, 1.807) is 12.1 Å². The van der Waals surface area contributed by atoms with Crippen LogP contribution in [-0.2, 0) is 6.42 Å². The second-order valence-corrected chi connectivity index (χ2v) is 5.12. The number of fused-ring (bicyclic) bond motifs is 1. The maximum Gasteiger partial charge on any atom is 0.336 e. The maximum atomic E-state index is 12.4. The molecule has 4 heteroatoms. The van der Waals surface area contributed by atoms with Gasteiger partial charge in [-0.05, 0) is 30.5 Å². The third kappa shape index (κ3) is 2.52. The molecule has 0 saturated carbocycles. The average molecular weight is 281 g/mol. The number of Topliss-reactive ketones (excluding diaryl/α,β-unsaturated/α-hetero) is 1. The molecule has 1 heterocycles. The molecule has 0 radical (unpaired) electrons. The summed E-state index contributed by atoms with van der Waals surface area (Å²) in [5.41, 5.74) is 2.18. The zero-order chi connectivity index (χ0) is 14.8. The third-order valence-corrected chi connectivity index (χ3v) is 3.75. The molecule has 2 aromatic rings. The zero-order valence-electron chi connectivity index (χ0n) is 11.4. The van der Waals surface area contributed by atoms with Gasteiger partial charge in [-0.15, -0.1) is 0 Å². The highest BCUT2D eigenvalue weighted by molar-refractivity contribution is 6.16. The Hall–Kier alpha value is -2.62. The van der Waals surface area contributed by atoms with Crippen LogP contribution < -0.4 is 5.32 Å². The SMILES string of the molecule is O=C(O)c1cccc2c1C(=O)C(CCc1ccccc1)N2. The fraction of sp³-hybridized carbons (Fsp3) is 0.176. The number of carbonyl (C=O) groups excluding carboxylic acids is 1. The molecule has 1 atom stereocenters. The second kappa shape index (κ2) is 5.40. The van der Waals surface area contributed by atoms with E-state index in [9.17, 15) is 14.7 Å². The molecule has 106 valence electrons. The minimum atomic E-state index is -1.06. The highest BCUT2D eigenvalue weighted by Crippen LogP contribution is 2.30. The summed E-state index contributed by atoms with van der Waals surface area (Å²) in [6.07, 6.45) is 1.43. The van der Waals surface area contributed by atoms with Crippen LogP contribution in [0.2, 0.25) is 0 Å². The first-order valence-electron chi connectivity index (χ1n) is 6.88. The lowest BCUT2D eigenvalue weighted by molar-refractivity contribution is 0.0692. The predicted octanol–water partition coefficient (Wildman–Crippen LogP) is 2.99. The molecule has 4 nitrogen and oxygen atoms in total. The molecule has 2 N–H and O–H groups in total. The molecule has 1 aliphatic rings. The van der Waals surface area contributed by atoms with Crippen LogP contribution in [0.5, 0.6) is 0 Å². The van der Waals surface area contributed by atoms with E-state index >= 15 is 0 Å². The van der Waals surface area contributed by atoms with Gasteiger partial charge in [0.1, 0.15) is 0 Å². The second-order valence-electron chi connectivity index (χ2n) is 5.12. The Morgan fingerprint density at radius 3 is 2.57 bits per heavy atom. The van der Waals surface area contributed by atoms with E-state index in [1.807, 2.05) is 30.3 Å². The Bertz CT molecular complexity index is 694. The summed E-state index contributed by atoms with van der Waals surface area (Å²) in [6.45, 7) is 0.